The van der Waals surface area contributed by atoms with Crippen molar-refractivity contribution >= 4 is 35.1 Å². The third kappa shape index (κ3) is 3.89. The van der Waals surface area contributed by atoms with Gasteiger partial charge in [-0.1, -0.05) is 36.4 Å². The van der Waals surface area contributed by atoms with E-state index in [0.717, 1.165) is 11.1 Å². The van der Waals surface area contributed by atoms with E-state index in [-0.39, 0.29) is 53.3 Å². The molecule has 2 aromatic carbocycles. The lowest BCUT2D eigenvalue weighted by Crippen LogP contribution is -2.40. The second kappa shape index (κ2) is 9.73. The van der Waals surface area contributed by atoms with Crippen LogP contribution in [0.1, 0.15) is 36.8 Å². The number of ether oxygens (including phenoxy) is 2. The molecular formula is C33H29NO7. The lowest BCUT2D eigenvalue weighted by atomic mass is 9.59. The van der Waals surface area contributed by atoms with Gasteiger partial charge in [0.05, 0.1) is 31.7 Å². The summed E-state index contributed by atoms with van der Waals surface area (Å²) in [5.41, 5.74) is 3.28. The minimum absolute atomic E-state index is 0.148. The predicted molar refractivity (Wildman–Crippen MR) is 152 cm³/mol. The van der Waals surface area contributed by atoms with E-state index in [2.05, 4.69) is 6.58 Å². The molecule has 3 aliphatic carbocycles. The van der Waals surface area contributed by atoms with Gasteiger partial charge in [-0.15, -0.1) is 0 Å². The molecule has 1 fully saturated rings. The number of amides is 2. The summed E-state index contributed by atoms with van der Waals surface area (Å²) < 4.78 is 11.0. The molecule has 0 bridgehead atoms. The van der Waals surface area contributed by atoms with Crippen molar-refractivity contribution < 1.29 is 33.8 Å². The number of carbonyl (C=O) groups is 4. The van der Waals surface area contributed by atoms with Gasteiger partial charge in [0.1, 0.15) is 17.2 Å². The molecule has 41 heavy (non-hydrogen) atoms. The van der Waals surface area contributed by atoms with Gasteiger partial charge in [-0.25, -0.2) is 0 Å². The predicted octanol–water partition coefficient (Wildman–Crippen LogP) is 4.69. The van der Waals surface area contributed by atoms with Gasteiger partial charge in [0.2, 0.25) is 11.8 Å². The third-order valence-electron chi connectivity index (χ3n) is 8.79. The molecule has 0 saturated carbocycles. The van der Waals surface area contributed by atoms with Crippen molar-refractivity contribution in [2.45, 2.75) is 25.7 Å². The molecule has 4 atom stereocenters. The van der Waals surface area contributed by atoms with E-state index in [1.165, 1.54) is 31.3 Å². The van der Waals surface area contributed by atoms with Crippen molar-refractivity contribution in [3.8, 4) is 17.2 Å². The fraction of sp³-hybridized carbons (Fsp3) is 0.273. The Morgan fingerprint density at radius 1 is 1.00 bits per heavy atom. The van der Waals surface area contributed by atoms with Crippen LogP contribution in [0.2, 0.25) is 0 Å². The quantitative estimate of drug-likeness (QED) is 0.326. The van der Waals surface area contributed by atoms with Gasteiger partial charge in [-0.2, -0.15) is 0 Å². The highest BCUT2D eigenvalue weighted by Gasteiger charge is 2.57. The Morgan fingerprint density at radius 2 is 1.73 bits per heavy atom. The van der Waals surface area contributed by atoms with Crippen molar-refractivity contribution in [1.29, 1.82) is 0 Å². The Balaban J connectivity index is 1.51. The van der Waals surface area contributed by atoms with Crippen molar-refractivity contribution in [3.63, 3.8) is 0 Å². The molecule has 1 saturated heterocycles. The first-order chi connectivity index (χ1) is 19.7. The standard InChI is InChI=1S/C33H29NO7/c1-5-17-6-8-18(9-7-17)34-32(38)21-11-10-20-22(27(21)33(34)39)15-23-24(35)12-16(2)31(37)29(23)28(20)30-25(36)13-19(40-3)14-26(30)41-4/h5-10,12-14,21-22,27-28,36H,1,11,15H2,2-4H3. The molecule has 208 valence electrons. The maximum Gasteiger partial charge on any atom is 0.238 e. The van der Waals surface area contributed by atoms with Crippen molar-refractivity contribution in [2.24, 2.45) is 17.8 Å². The molecule has 1 heterocycles. The van der Waals surface area contributed by atoms with Crippen LogP contribution < -0.4 is 14.4 Å². The first kappa shape index (κ1) is 26.5. The van der Waals surface area contributed by atoms with Crippen LogP contribution >= 0.6 is 0 Å². The number of aromatic hydroxyl groups is 1. The molecule has 4 unspecified atom stereocenters. The number of carbonyl (C=O) groups excluding carboxylic acids is 4. The van der Waals surface area contributed by atoms with Gasteiger partial charge < -0.3 is 14.6 Å². The number of hydrogen-bond donors (Lipinski definition) is 1. The highest BCUT2D eigenvalue weighted by molar-refractivity contribution is 6.25. The molecule has 8 heteroatoms. The summed E-state index contributed by atoms with van der Waals surface area (Å²) in [5, 5.41) is 11.2. The second-order valence-electron chi connectivity index (χ2n) is 10.8. The van der Waals surface area contributed by atoms with Gasteiger partial charge in [0, 0.05) is 40.3 Å². The number of imide groups is 1. The normalized spacial score (nSPS) is 25.3. The van der Waals surface area contributed by atoms with Crippen LogP contribution in [0.5, 0.6) is 17.2 Å². The SMILES string of the molecule is C=Cc1ccc(N2C(=O)C3CC=C4C(c5c(O)cc(OC)cc5OC)C5=C(CC4C3C2=O)C(=O)C=C(C)C5=O)cc1. The highest BCUT2D eigenvalue weighted by atomic mass is 16.5. The maximum absolute atomic E-state index is 14.0. The number of allylic oxidation sites excluding steroid dienone is 6. The Labute approximate surface area is 237 Å². The van der Waals surface area contributed by atoms with Gasteiger partial charge in [0.25, 0.3) is 0 Å². The largest absolute Gasteiger partial charge is 0.507 e. The molecule has 6 rings (SSSR count). The minimum Gasteiger partial charge on any atom is -0.507 e. The monoisotopic (exact) mass is 551 g/mol. The Kier molecular flexibility index (Phi) is 6.29. The number of phenols is 1. The highest BCUT2D eigenvalue weighted by Crippen LogP contribution is 2.58. The molecule has 0 spiro atoms. The zero-order valence-corrected chi connectivity index (χ0v) is 23.0. The molecule has 8 nitrogen and oxygen atoms in total. The Bertz CT molecular complexity index is 1640. The molecule has 0 aromatic heterocycles. The minimum atomic E-state index is -0.838. The summed E-state index contributed by atoms with van der Waals surface area (Å²) >= 11 is 0. The van der Waals surface area contributed by atoms with E-state index in [1.54, 1.807) is 43.3 Å². The molecule has 2 aromatic rings. The number of fused-ring (bicyclic) bond motifs is 3. The second-order valence-corrected chi connectivity index (χ2v) is 10.8. The summed E-state index contributed by atoms with van der Waals surface area (Å²) in [7, 11) is 2.91. The van der Waals surface area contributed by atoms with Crippen LogP contribution in [0.25, 0.3) is 6.08 Å². The van der Waals surface area contributed by atoms with E-state index in [9.17, 15) is 24.3 Å². The van der Waals surface area contributed by atoms with Gasteiger partial charge >= 0.3 is 0 Å². The average Bonchev–Trinajstić information content (AvgIpc) is 3.24. The molecule has 0 radical (unpaired) electrons. The molecule has 4 aliphatic rings. The summed E-state index contributed by atoms with van der Waals surface area (Å²) in [6.45, 7) is 5.35. The maximum atomic E-state index is 14.0. The van der Waals surface area contributed by atoms with Crippen LogP contribution in [0.3, 0.4) is 0 Å². The van der Waals surface area contributed by atoms with Crippen LogP contribution in [0, 0.1) is 17.8 Å². The lowest BCUT2D eigenvalue weighted by molar-refractivity contribution is -0.123. The molecule has 1 N–H and O–H groups in total. The topological polar surface area (TPSA) is 110 Å². The number of hydrogen-bond acceptors (Lipinski definition) is 7. The smallest absolute Gasteiger partial charge is 0.238 e. The van der Waals surface area contributed by atoms with Crippen LogP contribution in [-0.4, -0.2) is 42.7 Å². The van der Waals surface area contributed by atoms with Gasteiger partial charge in [0.15, 0.2) is 11.6 Å². The van der Waals surface area contributed by atoms with E-state index in [4.69, 9.17) is 9.47 Å². The number of benzene rings is 2. The molecule has 2 amide bonds. The number of ketones is 2. The summed E-state index contributed by atoms with van der Waals surface area (Å²) in [6, 6.07) is 10.1. The van der Waals surface area contributed by atoms with Crippen molar-refractivity contribution in [3.05, 3.63) is 88.5 Å². The van der Waals surface area contributed by atoms with Crippen LogP contribution in [0.4, 0.5) is 5.69 Å². The van der Waals surface area contributed by atoms with Crippen LogP contribution in [-0.2, 0) is 19.2 Å². The molecular weight excluding hydrogens is 522 g/mol. The molecule has 1 aliphatic heterocycles. The number of anilines is 1. The number of Topliss-reactive ketones (excluding diaryl/α,β-unsaturated/α-hetero) is 1. The number of phenolic OH excluding ortho intramolecular Hbond substituents is 1. The lowest BCUT2D eigenvalue weighted by Gasteiger charge is -2.42. The van der Waals surface area contributed by atoms with Crippen LogP contribution in [0.15, 0.2) is 77.4 Å². The zero-order valence-electron chi connectivity index (χ0n) is 23.0. The number of methoxy groups -OCH3 is 2. The number of nitrogens with zero attached hydrogens (tertiary/aromatic N) is 1. The summed E-state index contributed by atoms with van der Waals surface area (Å²) in [6.07, 6.45) is 5.35. The Morgan fingerprint density at radius 3 is 2.39 bits per heavy atom. The van der Waals surface area contributed by atoms with E-state index in [1.807, 2.05) is 6.08 Å². The summed E-state index contributed by atoms with van der Waals surface area (Å²) in [4.78, 5) is 55.9. The fourth-order valence-corrected chi connectivity index (χ4v) is 6.87. The first-order valence-electron chi connectivity index (χ1n) is 13.5. The van der Waals surface area contributed by atoms with Gasteiger partial charge in [-0.05, 0) is 49.5 Å². The zero-order chi connectivity index (χ0) is 29.2. The van der Waals surface area contributed by atoms with Crippen molar-refractivity contribution in [1.82, 2.24) is 0 Å². The van der Waals surface area contributed by atoms with E-state index >= 15 is 0 Å². The van der Waals surface area contributed by atoms with E-state index < -0.39 is 23.7 Å². The third-order valence-corrected chi connectivity index (χ3v) is 8.79. The average molecular weight is 552 g/mol. The Hall–Kier alpha value is -4.72. The first-order valence-corrected chi connectivity index (χ1v) is 13.5. The summed E-state index contributed by atoms with van der Waals surface area (Å²) in [5.74, 6) is -3.42. The number of rotatable bonds is 5. The van der Waals surface area contributed by atoms with E-state index in [0.29, 0.717) is 28.1 Å². The van der Waals surface area contributed by atoms with Crippen molar-refractivity contribution in [2.75, 3.05) is 19.1 Å². The van der Waals surface area contributed by atoms with Gasteiger partial charge in [-0.3, -0.25) is 24.1 Å². The fourth-order valence-electron chi connectivity index (χ4n) is 6.87.